The van der Waals surface area contributed by atoms with Gasteiger partial charge in [-0.05, 0) is 51.9 Å². The van der Waals surface area contributed by atoms with Gasteiger partial charge < -0.3 is 19.1 Å². The summed E-state index contributed by atoms with van der Waals surface area (Å²) in [5.41, 5.74) is 2.01. The predicted octanol–water partition coefficient (Wildman–Crippen LogP) is 3.79. The van der Waals surface area contributed by atoms with E-state index in [9.17, 15) is 14.2 Å². The third kappa shape index (κ3) is 6.64. The van der Waals surface area contributed by atoms with Gasteiger partial charge in [-0.25, -0.2) is 4.79 Å². The van der Waals surface area contributed by atoms with Crippen LogP contribution in [0.4, 0.5) is 0 Å². The van der Waals surface area contributed by atoms with Gasteiger partial charge in [0.2, 0.25) is 0 Å². The normalized spacial score (nSPS) is 12.3. The summed E-state index contributed by atoms with van der Waals surface area (Å²) >= 11 is 2.19. The second-order valence-corrected chi connectivity index (χ2v) is 9.61. The lowest BCUT2D eigenvalue weighted by Gasteiger charge is -2.18. The van der Waals surface area contributed by atoms with Gasteiger partial charge >= 0.3 is 13.6 Å². The zero-order chi connectivity index (χ0) is 21.4. The van der Waals surface area contributed by atoms with Crippen LogP contribution in [0.25, 0.3) is 0 Å². The number of carbonyl (C=O) groups excluding carboxylic acids is 2. The molecule has 0 heterocycles. The van der Waals surface area contributed by atoms with E-state index in [0.717, 1.165) is 9.13 Å². The Bertz CT molecular complexity index is 894. The summed E-state index contributed by atoms with van der Waals surface area (Å²) in [7, 11) is 0.753. The topological polar surface area (TPSA) is 90.9 Å². The summed E-state index contributed by atoms with van der Waals surface area (Å²) in [5, 5.41) is 2.73. The van der Waals surface area contributed by atoms with Crippen LogP contribution < -0.4 is 5.32 Å². The molecule has 0 saturated heterocycles. The summed E-state index contributed by atoms with van der Waals surface area (Å²) in [6, 6.07) is 13.4. The lowest BCUT2D eigenvalue weighted by molar-refractivity contribution is -0.142. The van der Waals surface area contributed by atoms with Gasteiger partial charge in [-0.2, -0.15) is 0 Å². The molecule has 1 N–H and O–H groups in total. The average molecular weight is 531 g/mol. The Labute approximate surface area is 183 Å². The van der Waals surface area contributed by atoms with E-state index in [-0.39, 0.29) is 6.16 Å². The van der Waals surface area contributed by atoms with Crippen molar-refractivity contribution in [2.24, 2.45) is 0 Å². The highest BCUT2D eigenvalue weighted by Gasteiger charge is 2.24. The van der Waals surface area contributed by atoms with Gasteiger partial charge in [-0.1, -0.05) is 30.3 Å². The van der Waals surface area contributed by atoms with Crippen LogP contribution in [0.5, 0.6) is 0 Å². The average Bonchev–Trinajstić information content (AvgIpc) is 2.74. The minimum Gasteiger partial charge on any atom is -0.467 e. The zero-order valence-corrected chi connectivity index (χ0v) is 19.4. The lowest BCUT2D eigenvalue weighted by atomic mass is 10.1. The number of hydrogen-bond acceptors (Lipinski definition) is 6. The van der Waals surface area contributed by atoms with E-state index >= 15 is 0 Å². The smallest absolute Gasteiger partial charge is 0.334 e. The summed E-state index contributed by atoms with van der Waals surface area (Å²) in [5.74, 6) is -0.921. The Hall–Kier alpha value is -1.74. The molecule has 7 nitrogen and oxygen atoms in total. The molecule has 0 bridgehead atoms. The molecule has 1 atom stereocenters. The second-order valence-electron chi connectivity index (χ2n) is 6.18. The number of methoxy groups -OCH3 is 1. The molecular formula is C20H23INO6P. The van der Waals surface area contributed by atoms with Crippen LogP contribution in [-0.2, 0) is 35.7 Å². The molecule has 0 fully saturated rings. The summed E-state index contributed by atoms with van der Waals surface area (Å²) in [6.45, 7) is 0. The summed E-state index contributed by atoms with van der Waals surface area (Å²) in [6.07, 6.45) is 0.416. The molecule has 0 spiro atoms. The first-order valence-corrected chi connectivity index (χ1v) is 11.5. The fraction of sp³-hybridized carbons (Fsp3) is 0.300. The number of nitrogens with one attached hydrogen (secondary N) is 1. The van der Waals surface area contributed by atoms with E-state index in [1.807, 2.05) is 24.3 Å². The highest BCUT2D eigenvalue weighted by molar-refractivity contribution is 14.1. The first-order valence-electron chi connectivity index (χ1n) is 8.73. The third-order valence-corrected chi connectivity index (χ3v) is 7.24. The van der Waals surface area contributed by atoms with Crippen LogP contribution in [0.1, 0.15) is 21.5 Å². The molecule has 0 unspecified atom stereocenters. The number of ether oxygens (including phenoxy) is 1. The van der Waals surface area contributed by atoms with Crippen molar-refractivity contribution in [2.75, 3.05) is 21.3 Å². The number of carbonyl (C=O) groups is 2. The Morgan fingerprint density at radius 2 is 1.66 bits per heavy atom. The van der Waals surface area contributed by atoms with Crippen LogP contribution >= 0.6 is 30.2 Å². The Balaban J connectivity index is 2.12. The van der Waals surface area contributed by atoms with Gasteiger partial charge in [0, 0.05) is 29.8 Å². The van der Waals surface area contributed by atoms with Crippen molar-refractivity contribution in [1.29, 1.82) is 0 Å². The largest absolute Gasteiger partial charge is 0.467 e. The van der Waals surface area contributed by atoms with Gasteiger partial charge in [0.05, 0.1) is 13.3 Å². The molecule has 0 aromatic heterocycles. The number of rotatable bonds is 9. The van der Waals surface area contributed by atoms with E-state index in [1.54, 1.807) is 24.3 Å². The molecule has 2 aromatic rings. The first-order chi connectivity index (χ1) is 13.8. The van der Waals surface area contributed by atoms with E-state index in [4.69, 9.17) is 13.8 Å². The van der Waals surface area contributed by atoms with Crippen LogP contribution in [0.3, 0.4) is 0 Å². The van der Waals surface area contributed by atoms with E-state index < -0.39 is 25.5 Å². The predicted molar refractivity (Wildman–Crippen MR) is 118 cm³/mol. The molecule has 156 valence electrons. The van der Waals surface area contributed by atoms with Crippen molar-refractivity contribution in [2.45, 2.75) is 18.6 Å². The quantitative estimate of drug-likeness (QED) is 0.301. The molecule has 2 aromatic carbocycles. The first kappa shape index (κ1) is 23.5. The second kappa shape index (κ2) is 10.9. The molecule has 0 aliphatic rings. The minimum atomic E-state index is -3.19. The molecule has 9 heteroatoms. The van der Waals surface area contributed by atoms with Crippen molar-refractivity contribution in [3.8, 4) is 0 Å². The number of esters is 1. The molecule has 29 heavy (non-hydrogen) atoms. The highest BCUT2D eigenvalue weighted by Crippen LogP contribution is 2.49. The zero-order valence-electron chi connectivity index (χ0n) is 16.4. The van der Waals surface area contributed by atoms with Crippen LogP contribution in [0.2, 0.25) is 0 Å². The summed E-state index contributed by atoms with van der Waals surface area (Å²) < 4.78 is 27.9. The molecule has 1 amide bonds. The molecular weight excluding hydrogens is 508 g/mol. The van der Waals surface area contributed by atoms with Gasteiger partial charge in [0.15, 0.2) is 0 Å². The van der Waals surface area contributed by atoms with E-state index in [0.29, 0.717) is 17.5 Å². The Kier molecular flexibility index (Phi) is 8.82. The standard InChI is InChI=1S/C20H23INO6P/c1-26-20(24)18(12-16-6-4-5-7-17(16)21)22-19(23)15-10-8-14(9-11-15)13-29(25,27-2)28-3/h4-11,18H,12-13H2,1-3H3,(H,22,23)/t18-/m1/s1. The van der Waals surface area contributed by atoms with Gasteiger partial charge in [-0.15, -0.1) is 0 Å². The maximum Gasteiger partial charge on any atom is 0.334 e. The van der Waals surface area contributed by atoms with E-state index in [2.05, 4.69) is 27.9 Å². The SMILES string of the molecule is COC(=O)[C@@H](Cc1ccccc1I)NC(=O)c1ccc(CP(=O)(OC)OC)cc1. The van der Waals surface area contributed by atoms with Crippen LogP contribution in [-0.4, -0.2) is 39.2 Å². The van der Waals surface area contributed by atoms with Gasteiger partial charge in [-0.3, -0.25) is 9.36 Å². The Morgan fingerprint density at radius 1 is 1.03 bits per heavy atom. The molecule has 2 rings (SSSR count). The lowest BCUT2D eigenvalue weighted by Crippen LogP contribution is -2.43. The third-order valence-electron chi connectivity index (χ3n) is 4.32. The van der Waals surface area contributed by atoms with Crippen molar-refractivity contribution < 1.29 is 27.9 Å². The fourth-order valence-electron chi connectivity index (χ4n) is 2.65. The maximum atomic E-state index is 12.6. The van der Waals surface area contributed by atoms with Crippen LogP contribution in [0.15, 0.2) is 48.5 Å². The monoisotopic (exact) mass is 531 g/mol. The van der Waals surface area contributed by atoms with Crippen molar-refractivity contribution >= 4 is 42.1 Å². The highest BCUT2D eigenvalue weighted by atomic mass is 127. The van der Waals surface area contributed by atoms with Crippen molar-refractivity contribution in [1.82, 2.24) is 5.32 Å². The van der Waals surface area contributed by atoms with E-state index in [1.165, 1.54) is 21.3 Å². The maximum absolute atomic E-state index is 12.6. The summed E-state index contributed by atoms with van der Waals surface area (Å²) in [4.78, 5) is 24.8. The van der Waals surface area contributed by atoms with Crippen molar-refractivity contribution in [3.05, 3.63) is 68.8 Å². The Morgan fingerprint density at radius 3 is 2.21 bits per heavy atom. The molecule has 0 aliphatic carbocycles. The molecule has 0 radical (unpaired) electrons. The molecule has 0 saturated carbocycles. The number of benzene rings is 2. The minimum absolute atomic E-state index is 0.0964. The van der Waals surface area contributed by atoms with Crippen LogP contribution in [0, 0.1) is 3.57 Å². The van der Waals surface area contributed by atoms with Crippen molar-refractivity contribution in [3.63, 3.8) is 0 Å². The van der Waals surface area contributed by atoms with Gasteiger partial charge in [0.25, 0.3) is 5.91 Å². The van der Waals surface area contributed by atoms with Gasteiger partial charge in [0.1, 0.15) is 6.04 Å². The number of halogens is 1. The number of amides is 1. The number of hydrogen-bond donors (Lipinski definition) is 1. The molecule has 0 aliphatic heterocycles. The fourth-order valence-corrected chi connectivity index (χ4v) is 4.32.